The molecule has 2 nitrogen and oxygen atoms in total. The van der Waals surface area contributed by atoms with Crippen LogP contribution >= 0.6 is 11.6 Å². The molecular formula is C19H21ClO2. The second-order valence-electron chi connectivity index (χ2n) is 5.25. The smallest absolute Gasteiger partial charge is 0.180 e. The third-order valence-corrected chi connectivity index (χ3v) is 3.80. The summed E-state index contributed by atoms with van der Waals surface area (Å²) in [5, 5.41) is -0.547. The molecule has 0 N–H and O–H groups in total. The van der Waals surface area contributed by atoms with Gasteiger partial charge in [-0.15, -0.1) is 11.6 Å². The van der Waals surface area contributed by atoms with Crippen LogP contribution < -0.4 is 4.74 Å². The Hall–Kier alpha value is -1.80. The van der Waals surface area contributed by atoms with Gasteiger partial charge in [0.05, 0.1) is 6.61 Å². The van der Waals surface area contributed by atoms with Crippen LogP contribution in [0, 0.1) is 0 Å². The van der Waals surface area contributed by atoms with Crippen molar-refractivity contribution >= 4 is 17.4 Å². The minimum atomic E-state index is -0.547. The Balaban J connectivity index is 1.91. The Bertz CT molecular complexity index is 578. The monoisotopic (exact) mass is 316 g/mol. The molecule has 0 amide bonds. The Morgan fingerprint density at radius 3 is 2.41 bits per heavy atom. The van der Waals surface area contributed by atoms with Crippen molar-refractivity contribution in [3.63, 3.8) is 0 Å². The number of ketones is 1. The topological polar surface area (TPSA) is 26.3 Å². The summed E-state index contributed by atoms with van der Waals surface area (Å²) in [5.74, 6) is 0.822. The molecule has 2 aromatic carbocycles. The van der Waals surface area contributed by atoms with Gasteiger partial charge >= 0.3 is 0 Å². The number of halogens is 1. The third-order valence-electron chi connectivity index (χ3n) is 3.45. The molecule has 0 saturated heterocycles. The second kappa shape index (κ2) is 8.60. The number of ether oxygens (including phenoxy) is 1. The van der Waals surface area contributed by atoms with Crippen molar-refractivity contribution in [2.45, 2.75) is 31.6 Å². The first-order chi connectivity index (χ1) is 10.7. The molecule has 0 bridgehead atoms. The molecule has 0 aliphatic rings. The molecule has 0 saturated carbocycles. The number of unbranched alkanes of at least 4 members (excludes halogenated alkanes) is 1. The Morgan fingerprint density at radius 1 is 1.09 bits per heavy atom. The highest BCUT2D eigenvalue weighted by Gasteiger charge is 2.17. The van der Waals surface area contributed by atoms with Gasteiger partial charge < -0.3 is 4.74 Å². The van der Waals surface area contributed by atoms with E-state index in [9.17, 15) is 4.79 Å². The largest absolute Gasteiger partial charge is 0.494 e. The van der Waals surface area contributed by atoms with E-state index in [0.29, 0.717) is 12.0 Å². The zero-order valence-corrected chi connectivity index (χ0v) is 13.6. The average Bonchev–Trinajstić information content (AvgIpc) is 2.57. The SMILES string of the molecule is CCCCOc1ccc(CC(Cl)C(=O)c2ccccc2)cc1. The van der Waals surface area contributed by atoms with Crippen molar-refractivity contribution in [2.75, 3.05) is 6.61 Å². The number of benzene rings is 2. The van der Waals surface area contributed by atoms with Gasteiger partial charge in [-0.1, -0.05) is 55.8 Å². The van der Waals surface area contributed by atoms with E-state index in [-0.39, 0.29) is 5.78 Å². The lowest BCUT2D eigenvalue weighted by atomic mass is 10.0. The van der Waals surface area contributed by atoms with Crippen molar-refractivity contribution in [3.05, 3.63) is 65.7 Å². The summed E-state index contributed by atoms with van der Waals surface area (Å²) in [5.41, 5.74) is 1.69. The molecule has 0 aliphatic carbocycles. The van der Waals surface area contributed by atoms with Crippen molar-refractivity contribution in [2.24, 2.45) is 0 Å². The molecule has 0 fully saturated rings. The van der Waals surface area contributed by atoms with Crippen LogP contribution in [0.4, 0.5) is 0 Å². The molecule has 0 radical (unpaired) electrons. The Labute approximate surface area is 137 Å². The normalized spacial score (nSPS) is 11.9. The minimum Gasteiger partial charge on any atom is -0.494 e. The van der Waals surface area contributed by atoms with E-state index >= 15 is 0 Å². The van der Waals surface area contributed by atoms with Gasteiger partial charge in [0.1, 0.15) is 11.1 Å². The van der Waals surface area contributed by atoms with Crippen LogP contribution in [0.2, 0.25) is 0 Å². The third kappa shape index (κ3) is 4.88. The van der Waals surface area contributed by atoms with Crippen LogP contribution in [-0.2, 0) is 6.42 Å². The lowest BCUT2D eigenvalue weighted by Crippen LogP contribution is -2.17. The van der Waals surface area contributed by atoms with Crippen LogP contribution in [0.5, 0.6) is 5.75 Å². The molecule has 0 heterocycles. The number of alkyl halides is 1. The summed E-state index contributed by atoms with van der Waals surface area (Å²) in [6.07, 6.45) is 2.69. The fraction of sp³-hybridized carbons (Fsp3) is 0.316. The first kappa shape index (κ1) is 16.6. The van der Waals surface area contributed by atoms with Gasteiger partial charge in [0.25, 0.3) is 0 Å². The molecular weight excluding hydrogens is 296 g/mol. The summed E-state index contributed by atoms with van der Waals surface area (Å²) in [6.45, 7) is 2.87. The Kier molecular flexibility index (Phi) is 6.47. The molecule has 2 aromatic rings. The summed E-state index contributed by atoms with van der Waals surface area (Å²) >= 11 is 6.26. The Morgan fingerprint density at radius 2 is 1.77 bits per heavy atom. The summed E-state index contributed by atoms with van der Waals surface area (Å²) in [4.78, 5) is 12.2. The molecule has 0 aliphatic heterocycles. The number of carbonyl (C=O) groups is 1. The molecule has 116 valence electrons. The predicted octanol–water partition coefficient (Wildman–Crippen LogP) is 4.90. The van der Waals surface area contributed by atoms with E-state index in [1.165, 1.54) is 0 Å². The van der Waals surface area contributed by atoms with E-state index in [0.717, 1.165) is 30.8 Å². The van der Waals surface area contributed by atoms with Gasteiger partial charge in [-0.05, 0) is 30.5 Å². The van der Waals surface area contributed by atoms with E-state index in [2.05, 4.69) is 6.92 Å². The van der Waals surface area contributed by atoms with Crippen LogP contribution in [0.1, 0.15) is 35.7 Å². The summed E-state index contributed by atoms with van der Waals surface area (Å²) < 4.78 is 5.62. The molecule has 0 spiro atoms. The van der Waals surface area contributed by atoms with Gasteiger partial charge in [0.15, 0.2) is 5.78 Å². The maximum absolute atomic E-state index is 12.2. The minimum absolute atomic E-state index is 0.0365. The van der Waals surface area contributed by atoms with Crippen molar-refractivity contribution in [3.8, 4) is 5.75 Å². The quantitative estimate of drug-likeness (QED) is 0.393. The summed E-state index contributed by atoms with van der Waals surface area (Å²) in [7, 11) is 0. The lowest BCUT2D eigenvalue weighted by Gasteiger charge is -2.10. The highest BCUT2D eigenvalue weighted by Crippen LogP contribution is 2.17. The summed E-state index contributed by atoms with van der Waals surface area (Å²) in [6, 6.07) is 17.0. The molecule has 1 unspecified atom stereocenters. The zero-order valence-electron chi connectivity index (χ0n) is 12.8. The van der Waals surface area contributed by atoms with E-state index < -0.39 is 5.38 Å². The zero-order chi connectivity index (χ0) is 15.8. The van der Waals surface area contributed by atoms with Gasteiger partial charge in [0, 0.05) is 5.56 Å². The number of hydrogen-bond acceptors (Lipinski definition) is 2. The molecule has 2 rings (SSSR count). The van der Waals surface area contributed by atoms with E-state index in [4.69, 9.17) is 16.3 Å². The van der Waals surface area contributed by atoms with Crippen molar-refractivity contribution in [1.82, 2.24) is 0 Å². The fourth-order valence-corrected chi connectivity index (χ4v) is 2.44. The number of rotatable bonds is 8. The first-order valence-corrected chi connectivity index (χ1v) is 8.09. The van der Waals surface area contributed by atoms with Crippen LogP contribution in [0.3, 0.4) is 0 Å². The van der Waals surface area contributed by atoms with Crippen LogP contribution in [0.25, 0.3) is 0 Å². The van der Waals surface area contributed by atoms with Gasteiger partial charge in [-0.3, -0.25) is 4.79 Å². The standard InChI is InChI=1S/C19H21ClO2/c1-2-3-13-22-17-11-9-15(10-12-17)14-18(20)19(21)16-7-5-4-6-8-16/h4-12,18H,2-3,13-14H2,1H3. The first-order valence-electron chi connectivity index (χ1n) is 7.65. The second-order valence-corrected chi connectivity index (χ2v) is 5.77. The van der Waals surface area contributed by atoms with Crippen LogP contribution in [-0.4, -0.2) is 17.8 Å². The molecule has 22 heavy (non-hydrogen) atoms. The number of carbonyl (C=O) groups excluding carboxylic acids is 1. The van der Waals surface area contributed by atoms with E-state index in [1.807, 2.05) is 42.5 Å². The van der Waals surface area contributed by atoms with Crippen LogP contribution in [0.15, 0.2) is 54.6 Å². The predicted molar refractivity (Wildman–Crippen MR) is 91.0 cm³/mol. The highest BCUT2D eigenvalue weighted by atomic mass is 35.5. The molecule has 1 atom stereocenters. The molecule has 0 aromatic heterocycles. The highest BCUT2D eigenvalue weighted by molar-refractivity contribution is 6.34. The molecule has 3 heteroatoms. The van der Waals surface area contributed by atoms with Gasteiger partial charge in [-0.2, -0.15) is 0 Å². The van der Waals surface area contributed by atoms with Crippen molar-refractivity contribution in [1.29, 1.82) is 0 Å². The average molecular weight is 317 g/mol. The van der Waals surface area contributed by atoms with E-state index in [1.54, 1.807) is 12.1 Å². The van der Waals surface area contributed by atoms with Crippen molar-refractivity contribution < 1.29 is 9.53 Å². The lowest BCUT2D eigenvalue weighted by molar-refractivity contribution is 0.0986. The maximum atomic E-state index is 12.2. The fourth-order valence-electron chi connectivity index (χ4n) is 2.14. The maximum Gasteiger partial charge on any atom is 0.180 e. The van der Waals surface area contributed by atoms with Gasteiger partial charge in [-0.25, -0.2) is 0 Å². The number of Topliss-reactive ketones (excluding diaryl/α,β-unsaturated/α-hetero) is 1. The number of hydrogen-bond donors (Lipinski definition) is 0. The van der Waals surface area contributed by atoms with Gasteiger partial charge in [0.2, 0.25) is 0 Å².